The summed E-state index contributed by atoms with van der Waals surface area (Å²) < 4.78 is 0. The van der Waals surface area contributed by atoms with Crippen molar-refractivity contribution < 1.29 is 9.90 Å². The van der Waals surface area contributed by atoms with E-state index in [9.17, 15) is 9.90 Å². The standard InChI is InChI=1S/C17H24N2O2/c1-13-12-14(6-7-16(13)20)17(21)19-10-8-18(9-11-19)15-4-2-3-5-15/h6-7,12,15,20H,2-5,8-11H2,1H3. The third-order valence-corrected chi connectivity index (χ3v) is 4.89. The number of carbonyl (C=O) groups excluding carboxylic acids is 1. The average molecular weight is 288 g/mol. The summed E-state index contributed by atoms with van der Waals surface area (Å²) in [5.74, 6) is 0.335. The molecule has 1 saturated carbocycles. The summed E-state index contributed by atoms with van der Waals surface area (Å²) in [4.78, 5) is 17.0. The first kappa shape index (κ1) is 14.4. The average Bonchev–Trinajstić information content (AvgIpc) is 3.04. The van der Waals surface area contributed by atoms with Crippen molar-refractivity contribution >= 4 is 5.91 Å². The number of carbonyl (C=O) groups is 1. The molecule has 4 nitrogen and oxygen atoms in total. The van der Waals surface area contributed by atoms with Gasteiger partial charge in [0, 0.05) is 37.8 Å². The molecule has 1 saturated heterocycles. The van der Waals surface area contributed by atoms with Gasteiger partial charge in [0.05, 0.1) is 0 Å². The molecule has 0 atom stereocenters. The minimum absolute atomic E-state index is 0.0872. The molecule has 0 aromatic heterocycles. The number of phenols is 1. The van der Waals surface area contributed by atoms with Crippen LogP contribution in [0.5, 0.6) is 5.75 Å². The highest BCUT2D eigenvalue weighted by molar-refractivity contribution is 5.94. The van der Waals surface area contributed by atoms with Crippen LogP contribution in [-0.4, -0.2) is 53.0 Å². The maximum absolute atomic E-state index is 12.5. The molecule has 0 spiro atoms. The Morgan fingerprint density at radius 1 is 1.14 bits per heavy atom. The Hall–Kier alpha value is -1.55. The fourth-order valence-corrected chi connectivity index (χ4v) is 3.53. The number of piperazine rings is 1. The van der Waals surface area contributed by atoms with E-state index in [1.54, 1.807) is 18.2 Å². The predicted molar refractivity (Wildman–Crippen MR) is 82.6 cm³/mol. The van der Waals surface area contributed by atoms with Gasteiger partial charge in [0.2, 0.25) is 0 Å². The van der Waals surface area contributed by atoms with Crippen LogP contribution in [0.2, 0.25) is 0 Å². The zero-order valence-corrected chi connectivity index (χ0v) is 12.7. The van der Waals surface area contributed by atoms with Crippen molar-refractivity contribution in [2.24, 2.45) is 0 Å². The van der Waals surface area contributed by atoms with Crippen molar-refractivity contribution in [1.29, 1.82) is 0 Å². The van der Waals surface area contributed by atoms with E-state index in [-0.39, 0.29) is 11.7 Å². The largest absolute Gasteiger partial charge is 0.508 e. The van der Waals surface area contributed by atoms with Gasteiger partial charge in [0.25, 0.3) is 5.91 Å². The summed E-state index contributed by atoms with van der Waals surface area (Å²) in [7, 11) is 0. The molecule has 0 radical (unpaired) electrons. The van der Waals surface area contributed by atoms with E-state index in [4.69, 9.17) is 0 Å². The fraction of sp³-hybridized carbons (Fsp3) is 0.588. The van der Waals surface area contributed by atoms with E-state index in [2.05, 4.69) is 4.90 Å². The van der Waals surface area contributed by atoms with Crippen LogP contribution in [0.4, 0.5) is 0 Å². The van der Waals surface area contributed by atoms with Crippen LogP contribution < -0.4 is 0 Å². The first-order chi connectivity index (χ1) is 10.1. The third-order valence-electron chi connectivity index (χ3n) is 4.89. The molecular weight excluding hydrogens is 264 g/mol. The van der Waals surface area contributed by atoms with E-state index in [0.29, 0.717) is 5.56 Å². The van der Waals surface area contributed by atoms with E-state index < -0.39 is 0 Å². The number of aryl methyl sites for hydroxylation is 1. The Labute approximate surface area is 126 Å². The monoisotopic (exact) mass is 288 g/mol. The molecule has 21 heavy (non-hydrogen) atoms. The molecule has 1 amide bonds. The number of nitrogens with zero attached hydrogens (tertiary/aromatic N) is 2. The second-order valence-electron chi connectivity index (χ2n) is 6.27. The molecule has 1 aliphatic carbocycles. The molecule has 1 N–H and O–H groups in total. The minimum atomic E-state index is 0.0872. The summed E-state index contributed by atoms with van der Waals surface area (Å²) in [6, 6.07) is 5.85. The molecule has 0 bridgehead atoms. The van der Waals surface area contributed by atoms with Crippen LogP contribution in [0.3, 0.4) is 0 Å². The highest BCUT2D eigenvalue weighted by Crippen LogP contribution is 2.25. The second kappa shape index (κ2) is 6.06. The van der Waals surface area contributed by atoms with Gasteiger partial charge in [-0.25, -0.2) is 0 Å². The Morgan fingerprint density at radius 3 is 2.43 bits per heavy atom. The van der Waals surface area contributed by atoms with Crippen molar-refractivity contribution in [1.82, 2.24) is 9.80 Å². The molecule has 3 rings (SSSR count). The molecule has 2 aliphatic rings. The number of phenolic OH excluding ortho intramolecular Hbond substituents is 1. The molecule has 1 aliphatic heterocycles. The number of amides is 1. The zero-order chi connectivity index (χ0) is 14.8. The molecular formula is C17H24N2O2. The quantitative estimate of drug-likeness (QED) is 0.909. The number of benzene rings is 1. The number of hydrogen-bond acceptors (Lipinski definition) is 3. The Balaban J connectivity index is 1.60. The van der Waals surface area contributed by atoms with Crippen LogP contribution in [0.15, 0.2) is 18.2 Å². The Morgan fingerprint density at radius 2 is 1.81 bits per heavy atom. The molecule has 4 heteroatoms. The molecule has 1 aromatic carbocycles. The minimum Gasteiger partial charge on any atom is -0.508 e. The lowest BCUT2D eigenvalue weighted by molar-refractivity contribution is 0.0573. The molecule has 2 fully saturated rings. The number of aromatic hydroxyl groups is 1. The van der Waals surface area contributed by atoms with Crippen LogP contribution in [0.1, 0.15) is 41.6 Å². The highest BCUT2D eigenvalue weighted by atomic mass is 16.3. The summed E-state index contributed by atoms with van der Waals surface area (Å²) in [5.41, 5.74) is 1.44. The van der Waals surface area contributed by atoms with Gasteiger partial charge in [-0.3, -0.25) is 9.69 Å². The lowest BCUT2D eigenvalue weighted by Gasteiger charge is -2.38. The zero-order valence-electron chi connectivity index (χ0n) is 12.7. The smallest absolute Gasteiger partial charge is 0.253 e. The van der Waals surface area contributed by atoms with Crippen molar-refractivity contribution in [3.8, 4) is 5.75 Å². The number of rotatable bonds is 2. The van der Waals surface area contributed by atoms with Crippen molar-refractivity contribution in [3.63, 3.8) is 0 Å². The topological polar surface area (TPSA) is 43.8 Å². The maximum atomic E-state index is 12.5. The second-order valence-corrected chi connectivity index (χ2v) is 6.27. The third kappa shape index (κ3) is 3.05. The van der Waals surface area contributed by atoms with Gasteiger partial charge in [-0.1, -0.05) is 12.8 Å². The summed E-state index contributed by atoms with van der Waals surface area (Å²) in [6.45, 7) is 5.44. The maximum Gasteiger partial charge on any atom is 0.253 e. The van der Waals surface area contributed by atoms with E-state index >= 15 is 0 Å². The van der Waals surface area contributed by atoms with Gasteiger partial charge in [-0.15, -0.1) is 0 Å². The Kier molecular flexibility index (Phi) is 4.15. The van der Waals surface area contributed by atoms with Gasteiger partial charge in [0.1, 0.15) is 5.75 Å². The van der Waals surface area contributed by atoms with Crippen LogP contribution in [0, 0.1) is 6.92 Å². The first-order valence-corrected chi connectivity index (χ1v) is 7.98. The van der Waals surface area contributed by atoms with Gasteiger partial charge >= 0.3 is 0 Å². The first-order valence-electron chi connectivity index (χ1n) is 7.98. The molecule has 1 aromatic rings. The van der Waals surface area contributed by atoms with Crippen molar-refractivity contribution in [3.05, 3.63) is 29.3 Å². The lowest BCUT2D eigenvalue weighted by atomic mass is 10.1. The molecule has 114 valence electrons. The van der Waals surface area contributed by atoms with Crippen molar-refractivity contribution in [2.75, 3.05) is 26.2 Å². The van der Waals surface area contributed by atoms with E-state index in [1.165, 1.54) is 25.7 Å². The summed E-state index contributed by atoms with van der Waals surface area (Å²) in [6.07, 6.45) is 5.36. The van der Waals surface area contributed by atoms with Gasteiger partial charge in [-0.05, 0) is 43.5 Å². The fourth-order valence-electron chi connectivity index (χ4n) is 3.53. The molecule has 0 unspecified atom stereocenters. The summed E-state index contributed by atoms with van der Waals surface area (Å²) in [5, 5.41) is 9.56. The van der Waals surface area contributed by atoms with Crippen LogP contribution in [-0.2, 0) is 0 Å². The van der Waals surface area contributed by atoms with Gasteiger partial charge in [0.15, 0.2) is 0 Å². The normalized spacial score (nSPS) is 20.9. The van der Waals surface area contributed by atoms with E-state index in [0.717, 1.165) is 37.8 Å². The van der Waals surface area contributed by atoms with Crippen LogP contribution in [0.25, 0.3) is 0 Å². The Bertz CT molecular complexity index is 516. The van der Waals surface area contributed by atoms with Crippen molar-refractivity contribution in [2.45, 2.75) is 38.6 Å². The van der Waals surface area contributed by atoms with Gasteiger partial charge < -0.3 is 10.0 Å². The summed E-state index contributed by atoms with van der Waals surface area (Å²) >= 11 is 0. The van der Waals surface area contributed by atoms with Crippen LogP contribution >= 0.6 is 0 Å². The van der Waals surface area contributed by atoms with Gasteiger partial charge in [-0.2, -0.15) is 0 Å². The number of hydrogen-bond donors (Lipinski definition) is 1. The predicted octanol–water partition coefficient (Wildman–Crippen LogP) is 2.40. The SMILES string of the molecule is Cc1cc(C(=O)N2CCN(C3CCCC3)CC2)ccc1O. The molecule has 1 heterocycles. The lowest BCUT2D eigenvalue weighted by Crippen LogP contribution is -2.51. The highest BCUT2D eigenvalue weighted by Gasteiger charge is 2.28. The van der Waals surface area contributed by atoms with E-state index in [1.807, 2.05) is 11.8 Å².